The van der Waals surface area contributed by atoms with E-state index in [0.29, 0.717) is 17.7 Å². The lowest BCUT2D eigenvalue weighted by Gasteiger charge is -2.20. The molecule has 6 heteroatoms. The van der Waals surface area contributed by atoms with Crippen LogP contribution in [-0.4, -0.2) is 19.7 Å². The topological polar surface area (TPSA) is 69.6 Å². The summed E-state index contributed by atoms with van der Waals surface area (Å²) in [6, 6.07) is 0. The predicted octanol–water partition coefficient (Wildman–Crippen LogP) is 3.90. The van der Waals surface area contributed by atoms with Crippen LogP contribution in [0.2, 0.25) is 0 Å². The third-order valence-electron chi connectivity index (χ3n) is 4.48. The van der Waals surface area contributed by atoms with Crippen LogP contribution >= 0.6 is 11.8 Å². The zero-order chi connectivity index (χ0) is 16.9. The molecule has 4 rings (SSSR count). The highest BCUT2D eigenvalue weighted by atomic mass is 32.2. The Morgan fingerprint density at radius 2 is 2.00 bits per heavy atom. The lowest BCUT2D eigenvalue weighted by atomic mass is 9.91. The lowest BCUT2D eigenvalue weighted by molar-refractivity contribution is 0.360. The number of nitrogen functional groups attached to an aromatic ring is 1. The summed E-state index contributed by atoms with van der Waals surface area (Å²) < 4.78 is 1.95. The molecule has 2 atom stereocenters. The van der Waals surface area contributed by atoms with Crippen molar-refractivity contribution in [2.45, 2.75) is 37.8 Å². The molecule has 0 spiro atoms. The first-order chi connectivity index (χ1) is 11.4. The van der Waals surface area contributed by atoms with Crippen molar-refractivity contribution >= 4 is 28.6 Å². The van der Waals surface area contributed by atoms with Crippen LogP contribution in [0.25, 0.3) is 11.0 Å². The minimum absolute atomic E-state index is 0.169. The fourth-order valence-electron chi connectivity index (χ4n) is 3.28. The van der Waals surface area contributed by atoms with Crippen LogP contribution in [0.4, 0.5) is 5.82 Å². The van der Waals surface area contributed by atoms with Gasteiger partial charge in [0.15, 0.2) is 5.65 Å². The molecule has 5 nitrogen and oxygen atoms in total. The van der Waals surface area contributed by atoms with Crippen LogP contribution < -0.4 is 5.73 Å². The quantitative estimate of drug-likeness (QED) is 0.898. The largest absolute Gasteiger partial charge is 0.383 e. The summed E-state index contributed by atoms with van der Waals surface area (Å²) in [6.07, 6.45) is 13.7. The van der Waals surface area contributed by atoms with E-state index in [2.05, 4.69) is 61.1 Å². The second-order valence-electron chi connectivity index (χ2n) is 7.25. The second kappa shape index (κ2) is 5.48. The molecule has 2 heterocycles. The van der Waals surface area contributed by atoms with Gasteiger partial charge in [-0.3, -0.25) is 0 Å². The van der Waals surface area contributed by atoms with E-state index in [0.717, 1.165) is 22.5 Å². The molecule has 2 aliphatic rings. The molecule has 2 unspecified atom stereocenters. The molecule has 2 aromatic heterocycles. The Balaban J connectivity index is 1.78. The Kier molecular flexibility index (Phi) is 3.53. The standard InChI is InChI=1S/C18H21N5S/c1-18(2,3)23-16-14(15(19)20-10-21-16)17(22-23)24-13-9-8-11-6-4-5-7-12(11)13/h4-7,9-12H,8H2,1-3H3,(H2,19,20,21). The normalized spacial score (nSPS) is 22.9. The molecular formula is C18H21N5S. The van der Waals surface area contributed by atoms with Crippen molar-refractivity contribution in [1.29, 1.82) is 0 Å². The molecule has 2 aliphatic carbocycles. The summed E-state index contributed by atoms with van der Waals surface area (Å²) in [5.41, 5.74) is 6.79. The summed E-state index contributed by atoms with van der Waals surface area (Å²) in [5, 5.41) is 6.59. The maximum absolute atomic E-state index is 6.16. The van der Waals surface area contributed by atoms with Crippen molar-refractivity contribution < 1.29 is 0 Å². The summed E-state index contributed by atoms with van der Waals surface area (Å²) in [7, 11) is 0. The van der Waals surface area contributed by atoms with Crippen molar-refractivity contribution in [3.05, 3.63) is 41.6 Å². The number of aromatic nitrogens is 4. The highest BCUT2D eigenvalue weighted by Gasteiger charge is 2.30. The number of hydrogen-bond acceptors (Lipinski definition) is 5. The average molecular weight is 339 g/mol. The van der Waals surface area contributed by atoms with Crippen molar-refractivity contribution in [2.75, 3.05) is 5.73 Å². The number of allylic oxidation sites excluding steroid dienone is 6. The fourth-order valence-corrected chi connectivity index (χ4v) is 4.49. The summed E-state index contributed by atoms with van der Waals surface area (Å²) in [4.78, 5) is 9.95. The van der Waals surface area contributed by atoms with Gasteiger partial charge in [0.25, 0.3) is 0 Å². The SMILES string of the molecule is CC(C)(C)n1nc(SC2=CCC3C=CC=CC23)c2c(N)ncnc21. The number of fused-ring (bicyclic) bond motifs is 2. The van der Waals surface area contributed by atoms with Crippen molar-refractivity contribution in [1.82, 2.24) is 19.7 Å². The second-order valence-corrected chi connectivity index (χ2v) is 8.31. The van der Waals surface area contributed by atoms with E-state index in [9.17, 15) is 0 Å². The van der Waals surface area contributed by atoms with Gasteiger partial charge < -0.3 is 5.73 Å². The molecule has 2 N–H and O–H groups in total. The molecular weight excluding hydrogens is 318 g/mol. The van der Waals surface area contributed by atoms with E-state index in [4.69, 9.17) is 10.8 Å². The smallest absolute Gasteiger partial charge is 0.165 e. The van der Waals surface area contributed by atoms with Gasteiger partial charge in [0.05, 0.1) is 10.9 Å². The Morgan fingerprint density at radius 1 is 1.21 bits per heavy atom. The Bertz CT molecular complexity index is 885. The monoisotopic (exact) mass is 339 g/mol. The van der Waals surface area contributed by atoms with Crippen LogP contribution in [0.1, 0.15) is 27.2 Å². The van der Waals surface area contributed by atoms with E-state index in [-0.39, 0.29) is 5.54 Å². The van der Waals surface area contributed by atoms with Gasteiger partial charge in [-0.1, -0.05) is 42.1 Å². The van der Waals surface area contributed by atoms with Gasteiger partial charge in [-0.05, 0) is 38.0 Å². The minimum atomic E-state index is -0.169. The Hall–Kier alpha value is -2.08. The molecule has 0 bridgehead atoms. The Morgan fingerprint density at radius 3 is 2.79 bits per heavy atom. The van der Waals surface area contributed by atoms with Crippen molar-refractivity contribution in [3.63, 3.8) is 0 Å². The number of nitrogens with two attached hydrogens (primary N) is 1. The lowest BCUT2D eigenvalue weighted by Crippen LogP contribution is -2.23. The highest BCUT2D eigenvalue weighted by molar-refractivity contribution is 8.03. The van der Waals surface area contributed by atoms with Gasteiger partial charge in [0.2, 0.25) is 0 Å². The molecule has 0 amide bonds. The van der Waals surface area contributed by atoms with Crippen molar-refractivity contribution in [2.24, 2.45) is 11.8 Å². The summed E-state index contributed by atoms with van der Waals surface area (Å²) in [5.74, 6) is 1.51. The number of thioether (sulfide) groups is 1. The highest BCUT2D eigenvalue weighted by Crippen LogP contribution is 2.46. The van der Waals surface area contributed by atoms with Gasteiger partial charge in [0.1, 0.15) is 17.2 Å². The molecule has 2 aromatic rings. The van der Waals surface area contributed by atoms with E-state index in [1.54, 1.807) is 11.8 Å². The van der Waals surface area contributed by atoms with E-state index < -0.39 is 0 Å². The van der Waals surface area contributed by atoms with Gasteiger partial charge in [-0.15, -0.1) is 0 Å². The van der Waals surface area contributed by atoms with Gasteiger partial charge in [0, 0.05) is 5.92 Å². The average Bonchev–Trinajstić information content (AvgIpc) is 3.11. The van der Waals surface area contributed by atoms with Crippen LogP contribution in [0.5, 0.6) is 0 Å². The van der Waals surface area contributed by atoms with Gasteiger partial charge in [-0.25, -0.2) is 14.6 Å². The maximum Gasteiger partial charge on any atom is 0.165 e. The third kappa shape index (κ3) is 2.45. The third-order valence-corrected chi connectivity index (χ3v) is 5.63. The summed E-state index contributed by atoms with van der Waals surface area (Å²) in [6.45, 7) is 6.35. The van der Waals surface area contributed by atoms with Crippen molar-refractivity contribution in [3.8, 4) is 0 Å². The Labute approximate surface area is 145 Å². The fraction of sp³-hybridized carbons (Fsp3) is 0.389. The summed E-state index contributed by atoms with van der Waals surface area (Å²) >= 11 is 1.70. The first-order valence-corrected chi connectivity index (χ1v) is 8.99. The number of anilines is 1. The number of nitrogens with zero attached hydrogens (tertiary/aromatic N) is 4. The molecule has 124 valence electrons. The predicted molar refractivity (Wildman–Crippen MR) is 98.5 cm³/mol. The van der Waals surface area contributed by atoms with E-state index in [1.165, 1.54) is 11.2 Å². The van der Waals surface area contributed by atoms with Gasteiger partial charge >= 0.3 is 0 Å². The molecule has 24 heavy (non-hydrogen) atoms. The molecule has 0 radical (unpaired) electrons. The van der Waals surface area contributed by atoms with Crippen LogP contribution in [0.15, 0.2) is 46.6 Å². The molecule has 0 aliphatic heterocycles. The maximum atomic E-state index is 6.16. The first-order valence-electron chi connectivity index (χ1n) is 8.18. The van der Waals surface area contributed by atoms with Crippen LogP contribution in [0, 0.1) is 11.8 Å². The number of hydrogen-bond donors (Lipinski definition) is 1. The molecule has 0 saturated carbocycles. The molecule has 0 saturated heterocycles. The molecule has 0 fully saturated rings. The zero-order valence-electron chi connectivity index (χ0n) is 14.1. The van der Waals surface area contributed by atoms with E-state index in [1.807, 2.05) is 4.68 Å². The minimum Gasteiger partial charge on any atom is -0.383 e. The first kappa shape index (κ1) is 15.4. The van der Waals surface area contributed by atoms with E-state index >= 15 is 0 Å². The van der Waals surface area contributed by atoms with Crippen LogP contribution in [0.3, 0.4) is 0 Å². The van der Waals surface area contributed by atoms with Gasteiger partial charge in [-0.2, -0.15) is 5.10 Å². The van der Waals surface area contributed by atoms with Crippen LogP contribution in [-0.2, 0) is 5.54 Å². The number of rotatable bonds is 2. The molecule has 0 aromatic carbocycles. The zero-order valence-corrected chi connectivity index (χ0v) is 14.9.